The number of nitrogens with two attached hydrogens (primary N) is 2. The summed E-state index contributed by atoms with van der Waals surface area (Å²) in [4.78, 5) is 32.6. The lowest BCUT2D eigenvalue weighted by atomic mass is 10.1. The number of halogens is 3. The monoisotopic (exact) mass is 689 g/mol. The Bertz CT molecular complexity index is 1490. The molecule has 15 heteroatoms. The Morgan fingerprint density at radius 1 is 1.06 bits per heavy atom. The van der Waals surface area contributed by atoms with E-state index in [9.17, 15) is 22.8 Å². The zero-order chi connectivity index (χ0) is 34.8. The molecule has 2 aromatic carbocycles. The molecule has 0 spiro atoms. The molecule has 0 aromatic heterocycles. The Hall–Kier alpha value is -3.92. The highest BCUT2D eigenvalue weighted by Crippen LogP contribution is 2.35. The van der Waals surface area contributed by atoms with Crippen LogP contribution in [-0.4, -0.2) is 94.1 Å². The molecule has 7 N–H and O–H groups in total. The maximum absolute atomic E-state index is 14.5. The number of likely N-dealkylation sites (tertiary alicyclic amines) is 1. The lowest BCUT2D eigenvalue weighted by Crippen LogP contribution is -2.44. The van der Waals surface area contributed by atoms with Gasteiger partial charge in [-0.25, -0.2) is 10.2 Å². The number of hydrazine groups is 1. The molecule has 2 aliphatic rings. The number of nitrogens with zero attached hydrogens (tertiary/aromatic N) is 4. The predicted molar refractivity (Wildman–Crippen MR) is 188 cm³/mol. The first-order valence-corrected chi connectivity index (χ1v) is 16.8. The van der Waals surface area contributed by atoms with E-state index in [2.05, 4.69) is 25.8 Å². The highest BCUT2D eigenvalue weighted by molar-refractivity contribution is 8.03. The summed E-state index contributed by atoms with van der Waals surface area (Å²) in [5.74, 6) is 2.40. The molecule has 2 fully saturated rings. The Morgan fingerprint density at radius 3 is 2.44 bits per heavy atom. The summed E-state index contributed by atoms with van der Waals surface area (Å²) in [5, 5.41) is 9.86. The van der Waals surface area contributed by atoms with Crippen LogP contribution >= 0.6 is 11.8 Å². The average Bonchev–Trinajstić information content (AvgIpc) is 3.57. The van der Waals surface area contributed by atoms with Crippen molar-refractivity contribution in [3.8, 4) is 0 Å². The number of piperazine rings is 1. The van der Waals surface area contributed by atoms with Crippen molar-refractivity contribution < 1.29 is 22.8 Å². The summed E-state index contributed by atoms with van der Waals surface area (Å²) in [5.41, 5.74) is 8.28. The van der Waals surface area contributed by atoms with E-state index in [1.54, 1.807) is 37.5 Å². The molecule has 0 radical (unpaired) electrons. The van der Waals surface area contributed by atoms with Gasteiger partial charge < -0.3 is 31.5 Å². The Kier molecular flexibility index (Phi) is 13.0. The van der Waals surface area contributed by atoms with Crippen LogP contribution in [-0.2, 0) is 10.7 Å². The van der Waals surface area contributed by atoms with Crippen LogP contribution in [0.4, 0.5) is 30.2 Å². The van der Waals surface area contributed by atoms with E-state index in [-0.39, 0.29) is 17.2 Å². The molecular formula is C33H46F3N9O2S. The highest BCUT2D eigenvalue weighted by atomic mass is 32.2. The van der Waals surface area contributed by atoms with Gasteiger partial charge in [0, 0.05) is 73.0 Å². The van der Waals surface area contributed by atoms with Gasteiger partial charge >= 0.3 is 5.92 Å². The third kappa shape index (κ3) is 10.0. The predicted octanol–water partition coefficient (Wildman–Crippen LogP) is 3.50. The summed E-state index contributed by atoms with van der Waals surface area (Å²) in [6.45, 7) is 4.89. The van der Waals surface area contributed by atoms with Crippen molar-refractivity contribution in [2.45, 2.75) is 25.7 Å². The zero-order valence-electron chi connectivity index (χ0n) is 27.7. The van der Waals surface area contributed by atoms with Crippen LogP contribution in [0, 0.1) is 6.92 Å². The molecular weight excluding hydrogens is 643 g/mol. The first kappa shape index (κ1) is 36.9. The summed E-state index contributed by atoms with van der Waals surface area (Å²) < 4.78 is 42.4. The largest absolute Gasteiger partial charge is 0.397 e. The number of rotatable bonds is 14. The first-order valence-electron chi connectivity index (χ1n) is 15.9. The van der Waals surface area contributed by atoms with Crippen molar-refractivity contribution in [1.29, 1.82) is 0 Å². The van der Waals surface area contributed by atoms with E-state index in [4.69, 9.17) is 11.6 Å². The maximum atomic E-state index is 14.5. The number of amides is 2. The van der Waals surface area contributed by atoms with Gasteiger partial charge in [0.2, 0.25) is 5.91 Å². The van der Waals surface area contributed by atoms with Gasteiger partial charge in [-0.2, -0.15) is 8.78 Å². The number of alkyl halides is 3. The molecule has 0 aliphatic carbocycles. The highest BCUT2D eigenvalue weighted by Gasteiger charge is 2.33. The van der Waals surface area contributed by atoms with Crippen molar-refractivity contribution in [2.75, 3.05) is 87.7 Å². The van der Waals surface area contributed by atoms with Gasteiger partial charge in [-0.1, -0.05) is 6.07 Å². The number of hydrogen-bond acceptors (Lipinski definition) is 10. The molecule has 0 unspecified atom stereocenters. The third-order valence-corrected chi connectivity index (χ3v) is 9.24. The summed E-state index contributed by atoms with van der Waals surface area (Å²) >= 11 is 1.33. The molecule has 48 heavy (non-hydrogen) atoms. The van der Waals surface area contributed by atoms with Gasteiger partial charge in [-0.15, -0.1) is 11.8 Å². The quantitative estimate of drug-likeness (QED) is 0.0869. The number of anilines is 3. The van der Waals surface area contributed by atoms with Crippen LogP contribution in [0.25, 0.3) is 0 Å². The number of carbonyl (C=O) groups is 2. The molecule has 2 amide bonds. The molecule has 2 aromatic rings. The van der Waals surface area contributed by atoms with E-state index >= 15 is 0 Å². The third-order valence-electron chi connectivity index (χ3n) is 8.28. The van der Waals surface area contributed by atoms with E-state index in [1.807, 2.05) is 18.9 Å². The van der Waals surface area contributed by atoms with Crippen LogP contribution < -0.4 is 37.4 Å². The van der Waals surface area contributed by atoms with Crippen LogP contribution in [0.5, 0.6) is 0 Å². The number of aryl methyl sites for hydroxylation is 1. The fourth-order valence-corrected chi connectivity index (χ4v) is 6.28. The lowest BCUT2D eigenvalue weighted by molar-refractivity contribution is -0.121. The van der Waals surface area contributed by atoms with Crippen LogP contribution in [0.15, 0.2) is 59.4 Å². The van der Waals surface area contributed by atoms with Crippen molar-refractivity contribution in [3.63, 3.8) is 0 Å². The second-order valence-corrected chi connectivity index (χ2v) is 13.0. The SMILES string of the molecule is CN/C=C(SCNC(=O)CN1CCCC1)/C(N)=C/N(N)c1cc(C(=O)Nc2cc(N3CCN(C)CC3)cc(C(F)(F)CF)c2)ccc1C. The minimum absolute atomic E-state index is 0.0552. The van der Waals surface area contributed by atoms with E-state index < -0.39 is 24.1 Å². The fourth-order valence-electron chi connectivity index (χ4n) is 5.47. The Labute approximate surface area is 284 Å². The summed E-state index contributed by atoms with van der Waals surface area (Å²) in [7, 11) is 3.71. The number of likely N-dealkylation sites (N-methyl/N-ethyl adjacent to an activating group) is 1. The standard InChI is InChI=1S/C33H46F3N9O2S/c1-23-6-7-24(32(47)41-26-15-25(33(35,36)21-34)16-27(17-26)44-12-10-42(3)11-13-44)14-29(23)45(38)19-28(37)30(18-39-2)48-22-40-31(46)20-43-8-4-5-9-43/h6-7,14-19,39H,4-5,8-13,20-22,37-38H2,1-3H3,(H,40,46)(H,41,47)/b28-19-,30-18-. The molecule has 2 aliphatic heterocycles. The zero-order valence-corrected chi connectivity index (χ0v) is 28.5. The van der Waals surface area contributed by atoms with Crippen LogP contribution in [0.2, 0.25) is 0 Å². The van der Waals surface area contributed by atoms with Gasteiger partial charge in [-0.3, -0.25) is 19.5 Å². The molecule has 0 saturated carbocycles. The summed E-state index contributed by atoms with van der Waals surface area (Å²) in [6.07, 6.45) is 5.42. The number of thioether (sulfide) groups is 1. The minimum Gasteiger partial charge on any atom is -0.397 e. The van der Waals surface area contributed by atoms with E-state index in [1.165, 1.54) is 29.0 Å². The summed E-state index contributed by atoms with van der Waals surface area (Å²) in [6, 6.07) is 8.90. The van der Waals surface area contributed by atoms with Gasteiger partial charge in [0.15, 0.2) is 6.67 Å². The Balaban J connectivity index is 1.47. The minimum atomic E-state index is -3.70. The second-order valence-electron chi connectivity index (χ2n) is 12.0. The van der Waals surface area contributed by atoms with Gasteiger partial charge in [-0.05, 0) is 75.8 Å². The molecule has 4 rings (SSSR count). The number of benzene rings is 2. The first-order chi connectivity index (χ1) is 22.9. The average molecular weight is 690 g/mol. The van der Waals surface area contributed by atoms with E-state index in [0.717, 1.165) is 50.7 Å². The number of hydrogen-bond donors (Lipinski definition) is 5. The molecule has 0 atom stereocenters. The Morgan fingerprint density at radius 2 is 1.77 bits per heavy atom. The van der Waals surface area contributed by atoms with E-state index in [0.29, 0.717) is 47.5 Å². The van der Waals surface area contributed by atoms with Crippen molar-refractivity contribution in [2.24, 2.45) is 11.6 Å². The molecule has 2 heterocycles. The maximum Gasteiger partial charge on any atom is 0.301 e. The molecule has 11 nitrogen and oxygen atoms in total. The number of carbonyl (C=O) groups excluding carboxylic acids is 2. The molecule has 2 saturated heterocycles. The van der Waals surface area contributed by atoms with Gasteiger partial charge in [0.1, 0.15) is 0 Å². The van der Waals surface area contributed by atoms with Crippen LogP contribution in [0.1, 0.15) is 34.3 Å². The topological polar surface area (TPSA) is 135 Å². The molecule has 0 bridgehead atoms. The lowest BCUT2D eigenvalue weighted by Gasteiger charge is -2.34. The smallest absolute Gasteiger partial charge is 0.301 e. The number of nitrogens with one attached hydrogen (secondary N) is 3. The van der Waals surface area contributed by atoms with Crippen molar-refractivity contribution in [3.05, 3.63) is 76.1 Å². The fraction of sp³-hybridized carbons (Fsp3) is 0.455. The second kappa shape index (κ2) is 17.0. The van der Waals surface area contributed by atoms with Crippen LogP contribution in [0.3, 0.4) is 0 Å². The molecule has 262 valence electrons. The van der Waals surface area contributed by atoms with Gasteiger partial charge in [0.05, 0.1) is 23.8 Å². The normalized spacial score (nSPS) is 16.6. The van der Waals surface area contributed by atoms with Gasteiger partial charge in [0.25, 0.3) is 5.91 Å². The van der Waals surface area contributed by atoms with Crippen molar-refractivity contribution >= 4 is 40.6 Å². The van der Waals surface area contributed by atoms with Crippen molar-refractivity contribution in [1.82, 2.24) is 20.4 Å².